The second-order valence-electron chi connectivity index (χ2n) is 5.68. The van der Waals surface area contributed by atoms with Gasteiger partial charge in [-0.2, -0.15) is 13.2 Å². The summed E-state index contributed by atoms with van der Waals surface area (Å²) in [6.07, 6.45) is -0.369. The van der Waals surface area contributed by atoms with Gasteiger partial charge in [0.25, 0.3) is 0 Å². The van der Waals surface area contributed by atoms with Crippen LogP contribution in [0, 0.1) is 0 Å². The maximum absolute atomic E-state index is 12.7. The van der Waals surface area contributed by atoms with Gasteiger partial charge in [0.05, 0.1) is 5.25 Å². The molecule has 3 nitrogen and oxygen atoms in total. The first-order valence-corrected chi connectivity index (χ1v) is 8.45. The van der Waals surface area contributed by atoms with Crippen molar-refractivity contribution in [2.24, 2.45) is 0 Å². The van der Waals surface area contributed by atoms with Crippen LogP contribution in [0.15, 0.2) is 35.6 Å². The van der Waals surface area contributed by atoms with Gasteiger partial charge in [-0.25, -0.2) is 9.97 Å². The highest BCUT2D eigenvalue weighted by molar-refractivity contribution is 8.00. The second-order valence-corrected chi connectivity index (χ2v) is 6.99. The van der Waals surface area contributed by atoms with Crippen LogP contribution in [-0.4, -0.2) is 21.0 Å². The minimum absolute atomic E-state index is 0.0492. The predicted octanol–water partition coefficient (Wildman–Crippen LogP) is 4.35. The van der Waals surface area contributed by atoms with Crippen molar-refractivity contribution < 1.29 is 18.0 Å². The molecular weight excluding hydrogens is 337 g/mol. The van der Waals surface area contributed by atoms with Crippen molar-refractivity contribution in [3.05, 3.63) is 52.8 Å². The van der Waals surface area contributed by atoms with Gasteiger partial charge >= 0.3 is 6.18 Å². The van der Waals surface area contributed by atoms with E-state index in [0.717, 1.165) is 43.3 Å². The highest BCUT2D eigenvalue weighted by atomic mass is 32.2. The lowest BCUT2D eigenvalue weighted by Gasteiger charge is -2.11. The third-order valence-corrected chi connectivity index (χ3v) is 4.93. The summed E-state index contributed by atoms with van der Waals surface area (Å²) in [7, 11) is 0. The zero-order valence-electron chi connectivity index (χ0n) is 12.9. The molecule has 1 aliphatic carbocycles. The quantitative estimate of drug-likeness (QED) is 0.466. The number of aryl methyl sites for hydroxylation is 2. The number of carbonyl (C=O) groups excluding carboxylic acids is 1. The molecule has 3 rings (SSSR count). The fourth-order valence-electron chi connectivity index (χ4n) is 2.73. The van der Waals surface area contributed by atoms with E-state index in [9.17, 15) is 18.0 Å². The summed E-state index contributed by atoms with van der Waals surface area (Å²) < 4.78 is 38.1. The molecule has 1 atom stereocenters. The molecule has 0 spiro atoms. The molecule has 1 aliphatic rings. The zero-order chi connectivity index (χ0) is 17.3. The molecule has 1 unspecified atom stereocenters. The molecule has 0 radical (unpaired) electrons. The van der Waals surface area contributed by atoms with Crippen LogP contribution >= 0.6 is 11.8 Å². The molecule has 1 aromatic heterocycles. The highest BCUT2D eigenvalue weighted by Gasteiger charge is 2.33. The first-order chi connectivity index (χ1) is 11.3. The van der Waals surface area contributed by atoms with Gasteiger partial charge in [0.15, 0.2) is 10.9 Å². The van der Waals surface area contributed by atoms with Crippen molar-refractivity contribution >= 4 is 17.5 Å². The lowest BCUT2D eigenvalue weighted by molar-refractivity contribution is -0.141. The molecule has 2 aromatic rings. The number of fused-ring (bicyclic) bond motifs is 1. The van der Waals surface area contributed by atoms with Crippen molar-refractivity contribution in [2.45, 2.75) is 42.8 Å². The fraction of sp³-hybridized carbons (Fsp3) is 0.353. The summed E-state index contributed by atoms with van der Waals surface area (Å²) in [5.74, 6) is -0.129. The summed E-state index contributed by atoms with van der Waals surface area (Å²) in [5, 5.41) is -0.611. The normalized spacial score (nSPS) is 15.2. The largest absolute Gasteiger partial charge is 0.433 e. The smallest absolute Gasteiger partial charge is 0.293 e. The number of ketones is 1. The number of hydrogen-bond acceptors (Lipinski definition) is 4. The molecule has 1 heterocycles. The molecule has 1 aromatic carbocycles. The number of Topliss-reactive ketones (excluding diaryl/α,β-unsaturated/α-hetero) is 1. The Kier molecular flexibility index (Phi) is 4.62. The highest BCUT2D eigenvalue weighted by Crippen LogP contribution is 2.30. The van der Waals surface area contributed by atoms with Gasteiger partial charge in [0.1, 0.15) is 5.69 Å². The minimum Gasteiger partial charge on any atom is -0.293 e. The number of halogens is 3. The van der Waals surface area contributed by atoms with Crippen molar-refractivity contribution in [1.29, 1.82) is 0 Å². The average Bonchev–Trinajstić information content (AvgIpc) is 3.01. The van der Waals surface area contributed by atoms with Crippen molar-refractivity contribution in [2.75, 3.05) is 0 Å². The summed E-state index contributed by atoms with van der Waals surface area (Å²) in [4.78, 5) is 19.9. The molecule has 0 bridgehead atoms. The summed E-state index contributed by atoms with van der Waals surface area (Å²) >= 11 is 0.938. The van der Waals surface area contributed by atoms with Crippen molar-refractivity contribution in [3.8, 4) is 0 Å². The van der Waals surface area contributed by atoms with Crippen LogP contribution in [0.2, 0.25) is 0 Å². The van der Waals surface area contributed by atoms with Gasteiger partial charge in [0, 0.05) is 11.8 Å². The van der Waals surface area contributed by atoms with Gasteiger partial charge in [-0.15, -0.1) is 0 Å². The molecule has 0 aliphatic heterocycles. The van der Waals surface area contributed by atoms with Crippen molar-refractivity contribution in [1.82, 2.24) is 9.97 Å². The van der Waals surface area contributed by atoms with Crippen LogP contribution < -0.4 is 0 Å². The van der Waals surface area contributed by atoms with E-state index in [-0.39, 0.29) is 10.9 Å². The molecule has 0 amide bonds. The maximum Gasteiger partial charge on any atom is 0.433 e. The molecule has 0 saturated carbocycles. The lowest BCUT2D eigenvalue weighted by Crippen LogP contribution is -2.15. The second kappa shape index (κ2) is 6.55. The number of thioether (sulfide) groups is 1. The van der Waals surface area contributed by atoms with E-state index in [0.29, 0.717) is 5.56 Å². The van der Waals surface area contributed by atoms with Gasteiger partial charge in [-0.3, -0.25) is 4.79 Å². The van der Waals surface area contributed by atoms with E-state index in [1.165, 1.54) is 11.1 Å². The van der Waals surface area contributed by atoms with Crippen LogP contribution in [-0.2, 0) is 19.0 Å². The first kappa shape index (κ1) is 17.0. The Bertz CT molecular complexity index is 777. The van der Waals surface area contributed by atoms with Gasteiger partial charge in [0.2, 0.25) is 0 Å². The van der Waals surface area contributed by atoms with E-state index >= 15 is 0 Å². The van der Waals surface area contributed by atoms with Crippen LogP contribution in [0.3, 0.4) is 0 Å². The third-order valence-electron chi connectivity index (χ3n) is 3.96. The molecule has 7 heteroatoms. The van der Waals surface area contributed by atoms with Gasteiger partial charge in [-0.1, -0.05) is 23.9 Å². The van der Waals surface area contributed by atoms with Crippen LogP contribution in [0.25, 0.3) is 0 Å². The van der Waals surface area contributed by atoms with E-state index in [1.54, 1.807) is 13.0 Å². The standard InChI is InChI=1S/C17H15F3N2OS/c1-10(24-16-21-8-7-14(22-16)17(18,19)20)15(23)13-6-5-11-3-2-4-12(11)9-13/h5-10H,2-4H2,1H3. The lowest BCUT2D eigenvalue weighted by atomic mass is 10.0. The predicted molar refractivity (Wildman–Crippen MR) is 85.2 cm³/mol. The van der Waals surface area contributed by atoms with E-state index in [1.807, 2.05) is 12.1 Å². The molecule has 24 heavy (non-hydrogen) atoms. The minimum atomic E-state index is -4.52. The van der Waals surface area contributed by atoms with Crippen LogP contribution in [0.1, 0.15) is 40.5 Å². The monoisotopic (exact) mass is 352 g/mol. The van der Waals surface area contributed by atoms with Crippen LogP contribution in [0.4, 0.5) is 13.2 Å². The Hall–Kier alpha value is -1.89. The van der Waals surface area contributed by atoms with Crippen molar-refractivity contribution in [3.63, 3.8) is 0 Å². The number of hydrogen-bond donors (Lipinski definition) is 0. The molecule has 0 fully saturated rings. The molecule has 0 N–H and O–H groups in total. The van der Waals surface area contributed by atoms with E-state index in [2.05, 4.69) is 9.97 Å². The summed E-state index contributed by atoms with van der Waals surface area (Å²) in [5.41, 5.74) is 2.04. The third kappa shape index (κ3) is 3.61. The topological polar surface area (TPSA) is 42.9 Å². The number of alkyl halides is 3. The van der Waals surface area contributed by atoms with Gasteiger partial charge in [-0.05, 0) is 49.4 Å². The van der Waals surface area contributed by atoms with E-state index < -0.39 is 17.1 Å². The maximum atomic E-state index is 12.7. The van der Waals surface area contributed by atoms with Gasteiger partial charge < -0.3 is 0 Å². The molecule has 126 valence electrons. The Labute approximate surface area is 141 Å². The SMILES string of the molecule is CC(Sc1nccc(C(F)(F)F)n1)C(=O)c1ccc2c(c1)CCC2. The first-order valence-electron chi connectivity index (χ1n) is 7.57. The number of carbonyl (C=O) groups is 1. The number of aromatic nitrogens is 2. The average molecular weight is 352 g/mol. The Morgan fingerprint density at radius 2 is 1.96 bits per heavy atom. The summed E-state index contributed by atoms with van der Waals surface area (Å²) in [6, 6.07) is 6.47. The number of rotatable bonds is 4. The Morgan fingerprint density at radius 1 is 1.21 bits per heavy atom. The number of benzene rings is 1. The Balaban J connectivity index is 1.75. The number of nitrogens with zero attached hydrogens (tertiary/aromatic N) is 2. The zero-order valence-corrected chi connectivity index (χ0v) is 13.7. The fourth-order valence-corrected chi connectivity index (χ4v) is 3.56. The molecule has 0 saturated heterocycles. The Morgan fingerprint density at radius 3 is 2.71 bits per heavy atom. The van der Waals surface area contributed by atoms with Crippen LogP contribution in [0.5, 0.6) is 0 Å². The van der Waals surface area contributed by atoms with E-state index in [4.69, 9.17) is 0 Å². The summed E-state index contributed by atoms with van der Waals surface area (Å²) in [6.45, 7) is 1.66. The molecular formula is C17H15F3N2OS.